The van der Waals surface area contributed by atoms with Crippen molar-refractivity contribution >= 4 is 28.5 Å². The van der Waals surface area contributed by atoms with Gasteiger partial charge in [-0.2, -0.15) is 0 Å². The quantitative estimate of drug-likeness (QED) is 0.138. The highest BCUT2D eigenvalue weighted by atomic mass is 16.5. The van der Waals surface area contributed by atoms with Crippen LogP contribution in [0.4, 0.5) is 5.69 Å². The van der Waals surface area contributed by atoms with Crippen molar-refractivity contribution in [2.75, 3.05) is 45.2 Å². The number of imidazole rings is 1. The summed E-state index contributed by atoms with van der Waals surface area (Å²) >= 11 is 0. The molecule has 0 saturated carbocycles. The highest BCUT2D eigenvalue weighted by Gasteiger charge is 2.41. The molecular weight excluding hydrogens is 576 g/mol. The van der Waals surface area contributed by atoms with Gasteiger partial charge in [-0.05, 0) is 69.7 Å². The number of carbonyl (C=O) groups is 2. The molecule has 4 heterocycles. The van der Waals surface area contributed by atoms with Gasteiger partial charge >= 0.3 is 0 Å². The van der Waals surface area contributed by atoms with Gasteiger partial charge in [-0.3, -0.25) is 19.3 Å². The van der Waals surface area contributed by atoms with Gasteiger partial charge in [-0.25, -0.2) is 4.98 Å². The Morgan fingerprint density at radius 1 is 1.04 bits per heavy atom. The number of hydrogen-bond acceptors (Lipinski definition) is 9. The number of benzene rings is 2. The number of likely N-dealkylation sites (tertiary alicyclic amines) is 1. The van der Waals surface area contributed by atoms with Gasteiger partial charge in [-0.1, -0.05) is 19.4 Å². The summed E-state index contributed by atoms with van der Waals surface area (Å²) in [5.74, 6) is 0.967. The molecule has 0 radical (unpaired) electrons. The van der Waals surface area contributed by atoms with Crippen molar-refractivity contribution in [1.29, 1.82) is 0 Å². The van der Waals surface area contributed by atoms with Gasteiger partial charge in [0.1, 0.15) is 35.6 Å². The van der Waals surface area contributed by atoms with Crippen molar-refractivity contribution in [2.24, 2.45) is 0 Å². The fourth-order valence-corrected chi connectivity index (χ4v) is 5.79. The van der Waals surface area contributed by atoms with Gasteiger partial charge in [0.25, 0.3) is 17.4 Å². The number of H-pyrrole nitrogens is 2. The molecule has 4 N–H and O–H groups in total. The molecule has 1 saturated heterocycles. The number of nitrogens with one attached hydrogen (secondary N) is 3. The van der Waals surface area contributed by atoms with E-state index in [1.165, 1.54) is 11.1 Å². The standard InChI is InChI=1S/C33H38N6O6/c1-3-4-14-44-22-6-5-7-23(15-22)45-19-21(40)18-35-26-8-11-34-31(41)29(26)30-36-27-16-24-25(17-28(27)37-30)33(43)39(32(24)42)20-9-12-38(2)13-10-20/h5-8,11,15-17,20-21,40H,3-4,9-10,12-14,18-19H2,1-2H3,(H,36,37)(H2,34,35,41). The Balaban J connectivity index is 1.14. The average Bonchev–Trinajstić information content (AvgIpc) is 3.55. The van der Waals surface area contributed by atoms with Gasteiger partial charge in [0.05, 0.1) is 34.5 Å². The molecular formula is C33H38N6O6. The van der Waals surface area contributed by atoms with Crippen LogP contribution in [0.25, 0.3) is 22.4 Å². The number of unbranched alkanes of at least 4 members (excludes halogenated alkanes) is 1. The lowest BCUT2D eigenvalue weighted by Gasteiger charge is -2.33. The van der Waals surface area contributed by atoms with Gasteiger partial charge < -0.3 is 34.8 Å². The Labute approximate surface area is 260 Å². The Hall–Kier alpha value is -4.68. The summed E-state index contributed by atoms with van der Waals surface area (Å²) < 4.78 is 11.5. The molecule has 2 aromatic heterocycles. The molecule has 4 aromatic rings. The van der Waals surface area contributed by atoms with Crippen LogP contribution >= 0.6 is 0 Å². The number of ether oxygens (including phenoxy) is 2. The van der Waals surface area contributed by atoms with Crippen molar-refractivity contribution in [3.63, 3.8) is 0 Å². The Bertz CT molecular complexity index is 1710. The van der Waals surface area contributed by atoms with E-state index in [2.05, 4.69) is 32.1 Å². The first-order valence-electron chi connectivity index (χ1n) is 15.4. The molecule has 1 atom stereocenters. The number of fused-ring (bicyclic) bond motifs is 2. The van der Waals surface area contributed by atoms with Crippen molar-refractivity contribution < 1.29 is 24.2 Å². The highest BCUT2D eigenvalue weighted by Crippen LogP contribution is 2.32. The summed E-state index contributed by atoms with van der Waals surface area (Å²) in [5.41, 5.74) is 1.98. The van der Waals surface area contributed by atoms with Gasteiger partial charge in [0.2, 0.25) is 0 Å². The Morgan fingerprint density at radius 2 is 1.78 bits per heavy atom. The topological polar surface area (TPSA) is 153 Å². The molecule has 6 rings (SSSR count). The van der Waals surface area contributed by atoms with E-state index in [0.717, 1.165) is 38.8 Å². The maximum Gasteiger partial charge on any atom is 0.261 e. The summed E-state index contributed by atoms with van der Waals surface area (Å²) in [7, 11) is 2.03. The molecule has 0 bridgehead atoms. The lowest BCUT2D eigenvalue weighted by Crippen LogP contribution is -2.46. The predicted octanol–water partition coefficient (Wildman–Crippen LogP) is 3.64. The fraction of sp³-hybridized carbons (Fsp3) is 0.394. The lowest BCUT2D eigenvalue weighted by molar-refractivity contribution is 0.0516. The molecule has 2 amide bonds. The number of carbonyl (C=O) groups excluding carboxylic acids is 2. The van der Waals surface area contributed by atoms with Gasteiger partial charge in [0, 0.05) is 24.8 Å². The van der Waals surface area contributed by atoms with E-state index >= 15 is 0 Å². The molecule has 12 heteroatoms. The van der Waals surface area contributed by atoms with Gasteiger partial charge in [-0.15, -0.1) is 0 Å². The average molecular weight is 615 g/mol. The number of aliphatic hydroxyl groups excluding tert-OH is 1. The minimum atomic E-state index is -0.884. The normalized spacial score (nSPS) is 16.3. The van der Waals surface area contributed by atoms with E-state index in [4.69, 9.17) is 9.47 Å². The smallest absolute Gasteiger partial charge is 0.261 e. The second-order valence-corrected chi connectivity index (χ2v) is 11.6. The Morgan fingerprint density at radius 3 is 2.53 bits per heavy atom. The number of nitrogens with zero attached hydrogens (tertiary/aromatic N) is 3. The zero-order chi connectivity index (χ0) is 31.5. The number of piperidine rings is 1. The highest BCUT2D eigenvalue weighted by molar-refractivity contribution is 6.23. The zero-order valence-electron chi connectivity index (χ0n) is 25.5. The van der Waals surface area contributed by atoms with Crippen LogP contribution in [-0.2, 0) is 0 Å². The number of amides is 2. The third-order valence-electron chi connectivity index (χ3n) is 8.31. The molecule has 12 nitrogen and oxygen atoms in total. The number of rotatable bonds is 12. The molecule has 0 aliphatic carbocycles. The summed E-state index contributed by atoms with van der Waals surface area (Å²) in [6.07, 6.45) is 4.13. The van der Waals surface area contributed by atoms with E-state index in [1.807, 2.05) is 19.2 Å². The summed E-state index contributed by atoms with van der Waals surface area (Å²) in [4.78, 5) is 53.7. The van der Waals surface area contributed by atoms with E-state index in [0.29, 0.717) is 46.0 Å². The van der Waals surface area contributed by atoms with Crippen LogP contribution in [-0.4, -0.2) is 93.7 Å². The van der Waals surface area contributed by atoms with E-state index in [1.54, 1.807) is 30.3 Å². The summed E-state index contributed by atoms with van der Waals surface area (Å²) in [6, 6.07) is 12.1. The van der Waals surface area contributed by atoms with Crippen LogP contribution in [0.5, 0.6) is 11.5 Å². The van der Waals surface area contributed by atoms with E-state index in [-0.39, 0.29) is 42.4 Å². The number of anilines is 1. The predicted molar refractivity (Wildman–Crippen MR) is 170 cm³/mol. The minimum Gasteiger partial charge on any atom is -0.493 e. The van der Waals surface area contributed by atoms with Crippen LogP contribution in [0, 0.1) is 0 Å². The SMILES string of the molecule is CCCCOc1cccc(OCC(O)CNc2cc[nH]c(=O)c2-c2nc3cc4c(cc3[nH]2)C(=O)N(C2CCN(C)CC2)C4=O)c1. The molecule has 1 fully saturated rings. The molecule has 2 aliphatic rings. The maximum atomic E-state index is 13.3. The monoisotopic (exact) mass is 614 g/mol. The van der Waals surface area contributed by atoms with E-state index in [9.17, 15) is 19.5 Å². The minimum absolute atomic E-state index is 0.0246. The molecule has 0 spiro atoms. The second-order valence-electron chi connectivity index (χ2n) is 11.6. The van der Waals surface area contributed by atoms with E-state index < -0.39 is 11.7 Å². The summed E-state index contributed by atoms with van der Waals surface area (Å²) in [5, 5.41) is 13.8. The second kappa shape index (κ2) is 13.1. The molecule has 2 aliphatic heterocycles. The molecule has 2 aromatic carbocycles. The van der Waals surface area contributed by atoms with Crippen molar-refractivity contribution in [3.05, 3.63) is 70.1 Å². The number of aromatic amines is 2. The van der Waals surface area contributed by atoms with Crippen molar-refractivity contribution in [2.45, 2.75) is 44.8 Å². The van der Waals surface area contributed by atoms with Crippen LogP contribution in [0.1, 0.15) is 53.3 Å². The largest absolute Gasteiger partial charge is 0.493 e. The number of pyridine rings is 1. The molecule has 45 heavy (non-hydrogen) atoms. The van der Waals surface area contributed by atoms with Crippen LogP contribution in [0.3, 0.4) is 0 Å². The maximum absolute atomic E-state index is 13.3. The molecule has 236 valence electrons. The first-order chi connectivity index (χ1) is 21.8. The fourth-order valence-electron chi connectivity index (χ4n) is 5.79. The molecule has 1 unspecified atom stereocenters. The number of aliphatic hydroxyl groups is 1. The number of hydrogen-bond donors (Lipinski definition) is 4. The van der Waals surface area contributed by atoms with Crippen LogP contribution in [0.2, 0.25) is 0 Å². The third-order valence-corrected chi connectivity index (χ3v) is 8.31. The first-order valence-corrected chi connectivity index (χ1v) is 15.4. The van der Waals surface area contributed by atoms with Crippen LogP contribution in [0.15, 0.2) is 53.5 Å². The lowest BCUT2D eigenvalue weighted by atomic mass is 10.0. The first kappa shape index (κ1) is 30.4. The third kappa shape index (κ3) is 6.43. The Kier molecular flexibility index (Phi) is 8.85. The van der Waals surface area contributed by atoms with Crippen LogP contribution < -0.4 is 20.3 Å². The van der Waals surface area contributed by atoms with Crippen molar-refractivity contribution in [3.8, 4) is 22.9 Å². The van der Waals surface area contributed by atoms with Gasteiger partial charge in [0.15, 0.2) is 0 Å². The number of aromatic nitrogens is 3. The zero-order valence-corrected chi connectivity index (χ0v) is 25.5. The summed E-state index contributed by atoms with van der Waals surface area (Å²) in [6.45, 7) is 4.53. The number of imide groups is 1. The van der Waals surface area contributed by atoms with Crippen molar-refractivity contribution in [1.82, 2.24) is 24.8 Å².